The summed E-state index contributed by atoms with van der Waals surface area (Å²) in [5.74, 6) is 0.782. The molecule has 1 unspecified atom stereocenters. The molecule has 1 aromatic rings. The molecule has 1 atom stereocenters. The van der Waals surface area contributed by atoms with E-state index < -0.39 is 5.41 Å². The Bertz CT molecular complexity index is 325. The van der Waals surface area contributed by atoms with Crippen LogP contribution in [0.2, 0.25) is 0 Å². The Kier molecular flexibility index (Phi) is 5.95. The zero-order valence-corrected chi connectivity index (χ0v) is 11.0. The van der Waals surface area contributed by atoms with Crippen LogP contribution < -0.4 is 5.73 Å². The number of benzene rings is 1. The summed E-state index contributed by atoms with van der Waals surface area (Å²) in [5, 5.41) is 9.62. The molecule has 0 aliphatic heterocycles. The zero-order chi connectivity index (χ0) is 12.7. The smallest absolute Gasteiger partial charge is 0.123 e. The van der Waals surface area contributed by atoms with E-state index in [1.807, 2.05) is 0 Å². The van der Waals surface area contributed by atoms with E-state index >= 15 is 0 Å². The predicted octanol–water partition coefficient (Wildman–Crippen LogP) is 2.16. The Balaban J connectivity index is 2.85. The maximum atomic E-state index is 12.9. The Hall–Kier alpha value is -0.580. The van der Waals surface area contributed by atoms with Gasteiger partial charge in [0.15, 0.2) is 0 Å². The monoisotopic (exact) mass is 257 g/mol. The molecule has 1 aromatic carbocycles. The molecule has 1 rings (SSSR count). The van der Waals surface area contributed by atoms with E-state index in [0.717, 1.165) is 24.2 Å². The second-order valence-corrected chi connectivity index (χ2v) is 5.23. The number of nitrogens with two attached hydrogens (primary N) is 1. The Morgan fingerprint density at radius 3 is 2.47 bits per heavy atom. The average Bonchev–Trinajstić information content (AvgIpc) is 2.37. The van der Waals surface area contributed by atoms with Crippen molar-refractivity contribution in [3.8, 4) is 0 Å². The first kappa shape index (κ1) is 14.5. The molecule has 0 amide bonds. The van der Waals surface area contributed by atoms with E-state index in [1.165, 1.54) is 12.1 Å². The molecule has 3 N–H and O–H groups in total. The van der Waals surface area contributed by atoms with Gasteiger partial charge < -0.3 is 10.8 Å². The van der Waals surface area contributed by atoms with Gasteiger partial charge in [-0.15, -0.1) is 0 Å². The van der Waals surface area contributed by atoms with Gasteiger partial charge in [-0.05, 0) is 42.5 Å². The highest BCUT2D eigenvalue weighted by Crippen LogP contribution is 2.28. The van der Waals surface area contributed by atoms with Crippen molar-refractivity contribution in [1.29, 1.82) is 0 Å². The quantitative estimate of drug-likeness (QED) is 0.736. The van der Waals surface area contributed by atoms with Crippen LogP contribution in [0, 0.1) is 5.82 Å². The molecule has 0 aliphatic rings. The number of aliphatic hydroxyl groups excluding tert-OH is 1. The van der Waals surface area contributed by atoms with Crippen LogP contribution in [0.5, 0.6) is 0 Å². The van der Waals surface area contributed by atoms with Crippen LogP contribution in [0.15, 0.2) is 24.3 Å². The number of rotatable bonds is 7. The Labute approximate surface area is 106 Å². The SMILES string of the molecule is CSCCCC(CN)(CO)c1ccc(F)cc1. The molecule has 0 saturated carbocycles. The van der Waals surface area contributed by atoms with Crippen molar-refractivity contribution in [3.05, 3.63) is 35.6 Å². The van der Waals surface area contributed by atoms with Gasteiger partial charge >= 0.3 is 0 Å². The molecule has 0 aliphatic carbocycles. The lowest BCUT2D eigenvalue weighted by atomic mass is 9.77. The van der Waals surface area contributed by atoms with E-state index in [9.17, 15) is 9.50 Å². The summed E-state index contributed by atoms with van der Waals surface area (Å²) in [6, 6.07) is 6.28. The highest BCUT2D eigenvalue weighted by atomic mass is 32.2. The second-order valence-electron chi connectivity index (χ2n) is 4.25. The van der Waals surface area contributed by atoms with Gasteiger partial charge in [-0.1, -0.05) is 12.1 Å². The summed E-state index contributed by atoms with van der Waals surface area (Å²) in [7, 11) is 0. The third-order valence-electron chi connectivity index (χ3n) is 3.15. The van der Waals surface area contributed by atoms with Crippen LogP contribution in [0.4, 0.5) is 4.39 Å². The lowest BCUT2D eigenvalue weighted by Gasteiger charge is -2.31. The zero-order valence-electron chi connectivity index (χ0n) is 10.2. The molecular weight excluding hydrogens is 237 g/mol. The van der Waals surface area contributed by atoms with Crippen molar-refractivity contribution in [2.45, 2.75) is 18.3 Å². The molecule has 0 spiro atoms. The van der Waals surface area contributed by atoms with Crippen LogP contribution in [0.25, 0.3) is 0 Å². The minimum absolute atomic E-state index is 0.00349. The van der Waals surface area contributed by atoms with Gasteiger partial charge in [-0.2, -0.15) is 11.8 Å². The van der Waals surface area contributed by atoms with Crippen LogP contribution >= 0.6 is 11.8 Å². The second kappa shape index (κ2) is 6.99. The van der Waals surface area contributed by atoms with Crippen molar-refractivity contribution < 1.29 is 9.50 Å². The molecule has 0 heterocycles. The van der Waals surface area contributed by atoms with Crippen molar-refractivity contribution in [1.82, 2.24) is 0 Å². The van der Waals surface area contributed by atoms with Crippen molar-refractivity contribution in [2.24, 2.45) is 5.73 Å². The molecule has 96 valence electrons. The van der Waals surface area contributed by atoms with Crippen molar-refractivity contribution in [3.63, 3.8) is 0 Å². The Morgan fingerprint density at radius 1 is 1.35 bits per heavy atom. The highest BCUT2D eigenvalue weighted by Gasteiger charge is 2.29. The largest absolute Gasteiger partial charge is 0.395 e. The third-order valence-corrected chi connectivity index (χ3v) is 3.85. The molecule has 0 bridgehead atoms. The van der Waals surface area contributed by atoms with Gasteiger partial charge in [0.05, 0.1) is 6.61 Å². The molecular formula is C13H20FNOS. The molecule has 0 fully saturated rings. The van der Waals surface area contributed by atoms with Crippen LogP contribution in [-0.4, -0.2) is 30.3 Å². The van der Waals surface area contributed by atoms with E-state index in [0.29, 0.717) is 6.54 Å². The van der Waals surface area contributed by atoms with Gasteiger partial charge in [0.25, 0.3) is 0 Å². The number of aliphatic hydroxyl groups is 1. The van der Waals surface area contributed by atoms with Crippen LogP contribution in [-0.2, 0) is 5.41 Å². The predicted molar refractivity (Wildman–Crippen MR) is 71.8 cm³/mol. The summed E-state index contributed by atoms with van der Waals surface area (Å²) in [5.41, 5.74) is 6.30. The number of hydrogen-bond donors (Lipinski definition) is 2. The van der Waals surface area contributed by atoms with Crippen molar-refractivity contribution in [2.75, 3.05) is 25.2 Å². The normalized spacial score (nSPS) is 14.6. The van der Waals surface area contributed by atoms with Crippen LogP contribution in [0.1, 0.15) is 18.4 Å². The minimum atomic E-state index is -0.427. The number of hydrogen-bond acceptors (Lipinski definition) is 3. The van der Waals surface area contributed by atoms with Gasteiger partial charge in [0.2, 0.25) is 0 Å². The topological polar surface area (TPSA) is 46.2 Å². The van der Waals surface area contributed by atoms with E-state index in [2.05, 4.69) is 6.26 Å². The van der Waals surface area contributed by atoms with E-state index in [4.69, 9.17) is 5.73 Å². The maximum absolute atomic E-state index is 12.9. The van der Waals surface area contributed by atoms with Gasteiger partial charge in [-0.25, -0.2) is 4.39 Å². The Morgan fingerprint density at radius 2 is 2.00 bits per heavy atom. The highest BCUT2D eigenvalue weighted by molar-refractivity contribution is 7.98. The number of thioether (sulfide) groups is 1. The molecule has 17 heavy (non-hydrogen) atoms. The first-order valence-electron chi connectivity index (χ1n) is 5.74. The summed E-state index contributed by atoms with van der Waals surface area (Å²) in [6.07, 6.45) is 3.88. The van der Waals surface area contributed by atoms with Crippen LogP contribution in [0.3, 0.4) is 0 Å². The lowest BCUT2D eigenvalue weighted by molar-refractivity contribution is 0.187. The lowest BCUT2D eigenvalue weighted by Crippen LogP contribution is -2.39. The third kappa shape index (κ3) is 3.69. The van der Waals surface area contributed by atoms with E-state index in [-0.39, 0.29) is 12.4 Å². The maximum Gasteiger partial charge on any atom is 0.123 e. The van der Waals surface area contributed by atoms with Gasteiger partial charge in [0.1, 0.15) is 5.82 Å². The van der Waals surface area contributed by atoms with Crippen molar-refractivity contribution >= 4 is 11.8 Å². The standard InChI is InChI=1S/C13H20FNOS/c1-17-8-2-7-13(9-15,10-16)11-3-5-12(14)6-4-11/h3-6,16H,2,7-10,15H2,1H3. The van der Waals surface area contributed by atoms with E-state index in [1.54, 1.807) is 23.9 Å². The minimum Gasteiger partial charge on any atom is -0.395 e. The first-order valence-corrected chi connectivity index (χ1v) is 7.14. The summed E-state index contributed by atoms with van der Waals surface area (Å²) in [6.45, 7) is 0.382. The molecule has 0 saturated heterocycles. The summed E-state index contributed by atoms with van der Waals surface area (Å²) < 4.78 is 12.9. The fraction of sp³-hybridized carbons (Fsp3) is 0.538. The summed E-state index contributed by atoms with van der Waals surface area (Å²) in [4.78, 5) is 0. The molecule has 4 heteroatoms. The number of halogens is 1. The summed E-state index contributed by atoms with van der Waals surface area (Å²) >= 11 is 1.78. The molecule has 0 aromatic heterocycles. The first-order chi connectivity index (χ1) is 8.18. The molecule has 2 nitrogen and oxygen atoms in total. The fourth-order valence-corrected chi connectivity index (χ4v) is 2.39. The molecule has 0 radical (unpaired) electrons. The van der Waals surface area contributed by atoms with Gasteiger partial charge in [0, 0.05) is 12.0 Å². The fourth-order valence-electron chi connectivity index (χ4n) is 1.96. The average molecular weight is 257 g/mol. The van der Waals surface area contributed by atoms with Gasteiger partial charge in [-0.3, -0.25) is 0 Å².